The van der Waals surface area contributed by atoms with Crippen molar-refractivity contribution in [2.45, 2.75) is 24.7 Å². The molecule has 1 amide bonds. The van der Waals surface area contributed by atoms with Crippen molar-refractivity contribution in [3.8, 4) is 5.75 Å². The van der Waals surface area contributed by atoms with Gasteiger partial charge in [-0.15, -0.1) is 0 Å². The molecule has 0 bridgehead atoms. The number of nitrogens with one attached hydrogen (secondary N) is 1. The second-order valence-corrected chi connectivity index (χ2v) is 10.4. The minimum Gasteiger partial charge on any atom is -0.489 e. The lowest BCUT2D eigenvalue weighted by atomic mass is 9.94. The van der Waals surface area contributed by atoms with Crippen molar-refractivity contribution >= 4 is 26.6 Å². The SMILES string of the molecule is CNC(=O)CC1(c2ccc(OCc3cc(C)nc4ccccc34)cc2)COCCS1(=O)=O. The van der Waals surface area contributed by atoms with E-state index in [2.05, 4.69) is 10.3 Å². The third-order valence-corrected chi connectivity index (χ3v) is 8.25. The maximum absolute atomic E-state index is 13.0. The molecular weight excluding hydrogens is 428 g/mol. The van der Waals surface area contributed by atoms with Gasteiger partial charge in [0.25, 0.3) is 0 Å². The number of para-hydroxylation sites is 1. The summed E-state index contributed by atoms with van der Waals surface area (Å²) in [6, 6.07) is 16.8. The van der Waals surface area contributed by atoms with Crippen LogP contribution in [0.1, 0.15) is 23.2 Å². The maximum Gasteiger partial charge on any atom is 0.221 e. The Morgan fingerprint density at radius 1 is 1.19 bits per heavy atom. The fourth-order valence-electron chi connectivity index (χ4n) is 4.09. The summed E-state index contributed by atoms with van der Waals surface area (Å²) < 4.78 is 36.1. The number of amides is 1. The Balaban J connectivity index is 1.59. The molecule has 3 aromatic rings. The summed E-state index contributed by atoms with van der Waals surface area (Å²) >= 11 is 0. The van der Waals surface area contributed by atoms with Crippen molar-refractivity contribution in [2.24, 2.45) is 0 Å². The van der Waals surface area contributed by atoms with E-state index >= 15 is 0 Å². The molecule has 1 aromatic heterocycles. The highest BCUT2D eigenvalue weighted by molar-refractivity contribution is 7.92. The van der Waals surface area contributed by atoms with Gasteiger partial charge < -0.3 is 14.8 Å². The summed E-state index contributed by atoms with van der Waals surface area (Å²) in [5, 5.41) is 3.56. The number of carbonyl (C=O) groups excluding carboxylic acids is 1. The van der Waals surface area contributed by atoms with Crippen LogP contribution in [0, 0.1) is 6.92 Å². The van der Waals surface area contributed by atoms with Gasteiger partial charge in [-0.25, -0.2) is 8.42 Å². The monoisotopic (exact) mass is 454 g/mol. The lowest BCUT2D eigenvalue weighted by Gasteiger charge is -2.36. The molecule has 1 atom stereocenters. The summed E-state index contributed by atoms with van der Waals surface area (Å²) in [5.74, 6) is 0.146. The Bertz CT molecular complexity index is 1240. The Hall–Kier alpha value is -2.97. The van der Waals surface area contributed by atoms with Crippen molar-refractivity contribution in [2.75, 3.05) is 26.0 Å². The standard InChI is InChI=1S/C24H26N2O5S/c1-17-13-18(21-5-3-4-6-22(21)26-17)15-31-20-9-7-19(8-10-20)24(14-23(27)25-2)16-30-11-12-32(24,28)29/h3-10,13H,11-12,14-16H2,1-2H3,(H,25,27). The van der Waals surface area contributed by atoms with Gasteiger partial charge in [0.05, 0.1) is 30.9 Å². The van der Waals surface area contributed by atoms with Crippen LogP contribution in [0.4, 0.5) is 0 Å². The Kier molecular flexibility index (Phi) is 6.17. The highest BCUT2D eigenvalue weighted by Gasteiger charge is 2.49. The number of benzene rings is 2. The predicted molar refractivity (Wildman–Crippen MR) is 122 cm³/mol. The smallest absolute Gasteiger partial charge is 0.221 e. The predicted octanol–water partition coefficient (Wildman–Crippen LogP) is 2.90. The number of nitrogens with zero attached hydrogens (tertiary/aromatic N) is 1. The third-order valence-electron chi connectivity index (χ3n) is 5.86. The lowest BCUT2D eigenvalue weighted by Crippen LogP contribution is -2.49. The molecule has 0 aliphatic carbocycles. The molecule has 168 valence electrons. The van der Waals surface area contributed by atoms with Gasteiger partial charge in [-0.05, 0) is 36.8 Å². The average molecular weight is 455 g/mol. The van der Waals surface area contributed by atoms with Gasteiger partial charge in [0.2, 0.25) is 5.91 Å². The first kappa shape index (κ1) is 22.2. The molecular formula is C24H26N2O5S. The second kappa shape index (κ2) is 8.88. The normalized spacial score (nSPS) is 20.1. The average Bonchev–Trinajstić information content (AvgIpc) is 2.79. The molecule has 7 nitrogen and oxygen atoms in total. The van der Waals surface area contributed by atoms with Crippen LogP contribution in [-0.4, -0.2) is 45.3 Å². The summed E-state index contributed by atoms with van der Waals surface area (Å²) in [5.41, 5.74) is 3.38. The van der Waals surface area contributed by atoms with Gasteiger partial charge >= 0.3 is 0 Å². The Morgan fingerprint density at radius 2 is 1.94 bits per heavy atom. The van der Waals surface area contributed by atoms with Gasteiger partial charge in [0.15, 0.2) is 9.84 Å². The number of aryl methyl sites for hydroxylation is 1. The summed E-state index contributed by atoms with van der Waals surface area (Å²) in [7, 11) is -2.08. The molecule has 1 unspecified atom stereocenters. The number of aromatic nitrogens is 1. The van der Waals surface area contributed by atoms with Crippen LogP contribution >= 0.6 is 0 Å². The number of rotatable bonds is 6. The van der Waals surface area contributed by atoms with Crippen molar-refractivity contribution in [1.82, 2.24) is 10.3 Å². The van der Waals surface area contributed by atoms with Crippen LogP contribution in [0.15, 0.2) is 54.6 Å². The van der Waals surface area contributed by atoms with Crippen LogP contribution in [0.5, 0.6) is 5.75 Å². The Morgan fingerprint density at radius 3 is 2.66 bits per heavy atom. The van der Waals surface area contributed by atoms with E-state index < -0.39 is 14.6 Å². The molecule has 1 N–H and O–H groups in total. The second-order valence-electron chi connectivity index (χ2n) is 7.97. The molecule has 2 aromatic carbocycles. The molecule has 2 heterocycles. The summed E-state index contributed by atoms with van der Waals surface area (Å²) in [6.07, 6.45) is -0.186. The van der Waals surface area contributed by atoms with E-state index in [1.54, 1.807) is 24.3 Å². The first-order chi connectivity index (χ1) is 15.3. The van der Waals surface area contributed by atoms with Crippen LogP contribution in [0.2, 0.25) is 0 Å². The van der Waals surface area contributed by atoms with Gasteiger partial charge in [0, 0.05) is 23.7 Å². The number of carbonyl (C=O) groups is 1. The topological polar surface area (TPSA) is 94.6 Å². The van der Waals surface area contributed by atoms with E-state index in [4.69, 9.17) is 9.47 Å². The molecule has 1 fully saturated rings. The van der Waals surface area contributed by atoms with E-state index in [1.165, 1.54) is 7.05 Å². The number of hydrogen-bond donors (Lipinski definition) is 1. The lowest BCUT2D eigenvalue weighted by molar-refractivity contribution is -0.121. The zero-order valence-electron chi connectivity index (χ0n) is 18.1. The molecule has 1 aliphatic heterocycles. The highest BCUT2D eigenvalue weighted by atomic mass is 32.2. The van der Waals surface area contributed by atoms with E-state index in [1.807, 2.05) is 37.3 Å². The first-order valence-corrected chi connectivity index (χ1v) is 12.1. The van der Waals surface area contributed by atoms with Gasteiger partial charge in [-0.2, -0.15) is 0 Å². The molecule has 1 aliphatic rings. The number of fused-ring (bicyclic) bond motifs is 1. The first-order valence-electron chi connectivity index (χ1n) is 10.4. The van der Waals surface area contributed by atoms with E-state index in [-0.39, 0.29) is 31.3 Å². The quantitative estimate of drug-likeness (QED) is 0.616. The molecule has 0 spiro atoms. The zero-order valence-corrected chi connectivity index (χ0v) is 18.9. The molecule has 0 radical (unpaired) electrons. The van der Waals surface area contributed by atoms with Crippen LogP contribution in [0.25, 0.3) is 10.9 Å². The zero-order chi connectivity index (χ0) is 22.8. The minimum absolute atomic E-state index is 0.0504. The molecule has 4 rings (SSSR count). The van der Waals surface area contributed by atoms with Gasteiger partial charge in [-0.1, -0.05) is 30.3 Å². The Labute approximate surface area is 187 Å². The number of sulfone groups is 1. The van der Waals surface area contributed by atoms with Gasteiger partial charge in [0.1, 0.15) is 17.1 Å². The minimum atomic E-state index is -3.57. The van der Waals surface area contributed by atoms with Crippen molar-refractivity contribution in [3.63, 3.8) is 0 Å². The third kappa shape index (κ3) is 4.20. The van der Waals surface area contributed by atoms with Crippen molar-refractivity contribution in [1.29, 1.82) is 0 Å². The van der Waals surface area contributed by atoms with Gasteiger partial charge in [-0.3, -0.25) is 9.78 Å². The largest absolute Gasteiger partial charge is 0.489 e. The van der Waals surface area contributed by atoms with Crippen LogP contribution in [0.3, 0.4) is 0 Å². The van der Waals surface area contributed by atoms with E-state index in [9.17, 15) is 13.2 Å². The summed E-state index contributed by atoms with van der Waals surface area (Å²) in [4.78, 5) is 16.7. The van der Waals surface area contributed by atoms with Crippen LogP contribution in [-0.2, 0) is 30.7 Å². The van der Waals surface area contributed by atoms with E-state index in [0.717, 1.165) is 22.2 Å². The fraction of sp³-hybridized carbons (Fsp3) is 0.333. The molecule has 0 saturated carbocycles. The summed E-state index contributed by atoms with van der Waals surface area (Å²) in [6.45, 7) is 2.39. The molecule has 1 saturated heterocycles. The maximum atomic E-state index is 13.0. The molecule has 8 heteroatoms. The number of hydrogen-bond acceptors (Lipinski definition) is 6. The number of ether oxygens (including phenoxy) is 2. The van der Waals surface area contributed by atoms with E-state index in [0.29, 0.717) is 17.9 Å². The van der Waals surface area contributed by atoms with Crippen molar-refractivity contribution < 1.29 is 22.7 Å². The number of pyridine rings is 1. The fourth-order valence-corrected chi connectivity index (χ4v) is 5.93. The van der Waals surface area contributed by atoms with Crippen molar-refractivity contribution in [3.05, 3.63) is 71.4 Å². The molecule has 32 heavy (non-hydrogen) atoms. The van der Waals surface area contributed by atoms with Crippen LogP contribution < -0.4 is 10.1 Å². The highest BCUT2D eigenvalue weighted by Crippen LogP contribution is 2.38.